The summed E-state index contributed by atoms with van der Waals surface area (Å²) in [6, 6.07) is 20.7. The summed E-state index contributed by atoms with van der Waals surface area (Å²) in [7, 11) is 0. The average molecular weight is 1760 g/mol. The molecule has 32 heteroatoms. The van der Waals surface area contributed by atoms with Crippen molar-refractivity contribution in [3.05, 3.63) is 88.5 Å². The Kier molecular flexibility index (Phi) is 35.6. The van der Waals surface area contributed by atoms with Crippen LogP contribution in [0.3, 0.4) is 0 Å². The fourth-order valence-electron chi connectivity index (χ4n) is 18.8. The van der Waals surface area contributed by atoms with E-state index in [4.69, 9.17) is 58.8 Å². The molecule has 2 aromatic carbocycles. The first-order valence-corrected chi connectivity index (χ1v) is 46.0. The van der Waals surface area contributed by atoms with Gasteiger partial charge in [0.25, 0.3) is 0 Å². The molecule has 0 spiro atoms. The minimum atomic E-state index is -0.480. The first kappa shape index (κ1) is 99.9. The van der Waals surface area contributed by atoms with Crippen molar-refractivity contribution in [2.75, 3.05) is 144 Å². The third-order valence-corrected chi connectivity index (χ3v) is 26.9. The molecule has 31 nitrogen and oxygen atoms in total. The quantitative estimate of drug-likeness (QED) is 0.117. The first-order chi connectivity index (χ1) is 60.2. The van der Waals surface area contributed by atoms with Crippen LogP contribution in [0.25, 0.3) is 27.5 Å². The number of carbonyl (C=O) groups excluding carboxylic acids is 6. The molecule has 0 aliphatic carbocycles. The Hall–Kier alpha value is -10.9. The Morgan fingerprint density at radius 2 is 0.795 bits per heavy atom. The van der Waals surface area contributed by atoms with Crippen LogP contribution in [-0.2, 0) is 39.6 Å². The summed E-state index contributed by atoms with van der Waals surface area (Å²) in [4.78, 5) is 102. The fourth-order valence-corrected chi connectivity index (χ4v) is 19.0. The van der Waals surface area contributed by atoms with Gasteiger partial charge in [-0.05, 0) is 169 Å². The zero-order valence-corrected chi connectivity index (χ0v) is 79.0. The van der Waals surface area contributed by atoms with Crippen LogP contribution >= 0.6 is 11.6 Å². The van der Waals surface area contributed by atoms with E-state index >= 15 is 0 Å². The standard InChI is InChI=1S/C14H14N2O.C13H14ClNO.2C12H19N3O.C11H16N4O2.C11H18N4O.C11H17N3O.C11H19N3/c1-14(2,3)13-9-12(17-16-13)10-6-5-7-11(8-10)15-4;1-13(2,3)12-8-11(16-15-12)9-5-4-6-10(14)7-9;2*1-9(2)15-6-4-10-3-5-14(8-13)7-11(10)12(15)16;1-8(2)14-3-4-15-9(11(14)17)5-13(7-12)6-10(15)16;1-9(2)14-3-4-15-10(6-14)5-13(8-12)7-11(15)16;1-8(2)14-5-9-3-4-13(7-12)6-10(9)11(14)15;1-9(2)14-6-10-3-4-13(8-12)5-11(10)7-14/h5-9H,1-3H3;4-8H,1-3H3;2*9-11H,3-7H2,1-2H3;8-9H,3-6H2,1-2H3;9-10H,3-7H2,1-2H3;8-10H,3-6H2,1-2H3;9-11H,3-7H2,1-2H3/t;;2*10-,11+;9-;10-;9-,10-;/m..00101./s1. The number of carbonyl (C=O) groups is 6. The number of nitriles is 6. The summed E-state index contributed by atoms with van der Waals surface area (Å²) in [6.45, 7) is 61.3. The molecule has 2 aromatic heterocycles. The maximum Gasteiger partial charge on any atom is 0.247 e. The molecule has 6 amide bonds. The second-order valence-electron chi connectivity index (χ2n) is 39.3. The van der Waals surface area contributed by atoms with E-state index in [2.05, 4.69) is 167 Å². The molecule has 2 unspecified atom stereocenters. The zero-order chi connectivity index (χ0) is 93.1. The van der Waals surface area contributed by atoms with Crippen LogP contribution in [0, 0.1) is 123 Å². The predicted octanol–water partition coefficient (Wildman–Crippen LogP) is 11.3. The van der Waals surface area contributed by atoms with Crippen molar-refractivity contribution < 1.29 is 37.8 Å². The van der Waals surface area contributed by atoms with Gasteiger partial charge in [0.1, 0.15) is 19.1 Å². The number of piperidine rings is 6. The van der Waals surface area contributed by atoms with Crippen molar-refractivity contribution in [2.24, 2.45) is 47.3 Å². The molecule has 12 aliphatic heterocycles. The van der Waals surface area contributed by atoms with E-state index < -0.39 is 6.04 Å². The lowest BCUT2D eigenvalue weighted by Crippen LogP contribution is -2.66. The molecule has 10 atom stereocenters. The summed E-state index contributed by atoms with van der Waals surface area (Å²) >= 11 is 5.93. The van der Waals surface area contributed by atoms with Crippen molar-refractivity contribution >= 4 is 52.7 Å². The lowest BCUT2D eigenvalue weighted by Gasteiger charge is -2.46. The molecular formula is C95H136ClN23O8. The van der Waals surface area contributed by atoms with Crippen molar-refractivity contribution in [1.82, 2.24) is 78.9 Å². The van der Waals surface area contributed by atoms with Crippen molar-refractivity contribution in [3.63, 3.8) is 0 Å². The third kappa shape index (κ3) is 26.2. The number of hydrogen-bond acceptors (Lipinski definition) is 24. The van der Waals surface area contributed by atoms with Crippen LogP contribution in [0.5, 0.6) is 0 Å². The molecule has 0 radical (unpaired) electrons. The van der Waals surface area contributed by atoms with Gasteiger partial charge >= 0.3 is 0 Å². The van der Waals surface area contributed by atoms with Gasteiger partial charge in [-0.25, -0.2) is 4.85 Å². The highest BCUT2D eigenvalue weighted by molar-refractivity contribution is 6.30. The van der Waals surface area contributed by atoms with Crippen LogP contribution in [0.1, 0.15) is 175 Å². The van der Waals surface area contributed by atoms with Gasteiger partial charge < -0.3 is 62.9 Å². The zero-order valence-electron chi connectivity index (χ0n) is 78.2. The van der Waals surface area contributed by atoms with Gasteiger partial charge in [0.2, 0.25) is 35.4 Å². The van der Waals surface area contributed by atoms with Crippen LogP contribution in [0.2, 0.25) is 5.02 Å². The largest absolute Gasteiger partial charge is 0.356 e. The van der Waals surface area contributed by atoms with Crippen molar-refractivity contribution in [1.29, 1.82) is 31.6 Å². The molecule has 4 aromatic rings. The van der Waals surface area contributed by atoms with Crippen LogP contribution in [0.15, 0.2) is 69.7 Å². The molecule has 12 saturated heterocycles. The lowest BCUT2D eigenvalue weighted by atomic mass is 9.79. The highest BCUT2D eigenvalue weighted by atomic mass is 35.5. The second-order valence-corrected chi connectivity index (χ2v) is 39.7. The van der Waals surface area contributed by atoms with Gasteiger partial charge in [0.15, 0.2) is 54.4 Å². The Morgan fingerprint density at radius 1 is 0.394 bits per heavy atom. The molecule has 14 heterocycles. The van der Waals surface area contributed by atoms with E-state index in [0.29, 0.717) is 98.2 Å². The Labute approximate surface area is 758 Å². The molecule has 686 valence electrons. The maximum atomic E-state index is 12.3. The van der Waals surface area contributed by atoms with E-state index in [9.17, 15) is 28.8 Å². The number of halogens is 1. The van der Waals surface area contributed by atoms with E-state index in [-0.39, 0.29) is 101 Å². The number of nitrogens with zero attached hydrogens (tertiary/aromatic N) is 23. The number of fused-ring (bicyclic) bond motifs is 6. The summed E-state index contributed by atoms with van der Waals surface area (Å²) in [5.74, 6) is 5.42. The highest BCUT2D eigenvalue weighted by Gasteiger charge is 2.47. The maximum absolute atomic E-state index is 12.3. The highest BCUT2D eigenvalue weighted by Crippen LogP contribution is 2.38. The number of aromatic nitrogens is 2. The minimum Gasteiger partial charge on any atom is -0.356 e. The first-order valence-electron chi connectivity index (χ1n) is 45.6. The van der Waals surface area contributed by atoms with Crippen LogP contribution in [0.4, 0.5) is 5.69 Å². The number of rotatable bonds is 8. The van der Waals surface area contributed by atoms with E-state index in [1.54, 1.807) is 41.5 Å². The molecule has 12 aliphatic rings. The monoisotopic (exact) mass is 1760 g/mol. The van der Waals surface area contributed by atoms with Gasteiger partial charge in [0, 0.05) is 193 Å². The van der Waals surface area contributed by atoms with Crippen LogP contribution < -0.4 is 0 Å². The fraction of sp³-hybridized carbons (Fsp3) is 0.674. The Bertz CT molecular complexity index is 4630. The number of piperazine rings is 4. The Balaban J connectivity index is 0.000000164. The number of likely N-dealkylation sites (tertiary alicyclic amines) is 8. The molecule has 127 heavy (non-hydrogen) atoms. The number of benzene rings is 2. The molecule has 0 saturated carbocycles. The van der Waals surface area contributed by atoms with Crippen LogP contribution in [-0.4, -0.2) is 307 Å². The van der Waals surface area contributed by atoms with Gasteiger partial charge in [-0.1, -0.05) is 93.8 Å². The van der Waals surface area contributed by atoms with Gasteiger partial charge in [0.05, 0.1) is 54.8 Å². The second kappa shape index (κ2) is 45.2. The Morgan fingerprint density at radius 3 is 1.24 bits per heavy atom. The van der Waals surface area contributed by atoms with Crippen molar-refractivity contribution in [3.8, 4) is 59.8 Å². The normalized spacial score (nSPS) is 24.6. The van der Waals surface area contributed by atoms with Gasteiger partial charge in [-0.3, -0.25) is 43.5 Å². The minimum absolute atomic E-state index is 0.000322. The molecule has 16 rings (SSSR count). The number of amides is 6. The predicted molar refractivity (Wildman–Crippen MR) is 483 cm³/mol. The lowest BCUT2D eigenvalue weighted by molar-refractivity contribution is -0.157. The topological polar surface area (TPSA) is 347 Å². The summed E-state index contributed by atoms with van der Waals surface area (Å²) in [5, 5.41) is 62.0. The average Bonchev–Trinajstić information content (AvgIpc) is 1.44. The van der Waals surface area contributed by atoms with E-state index in [0.717, 1.165) is 144 Å². The molecule has 12 fully saturated rings. The number of hydrogen-bond donors (Lipinski definition) is 0. The SMILES string of the molecule is CC(C)(C)c1cc(-c2cccc(Cl)c2)on1.CC(C)N1CC2CCN(C#N)CC2C1.CC(C)N1CCN2C(=O)CN(C#N)C[C@@H]2C1=O.CC(C)N1CCN2C(=O)CN(C#N)C[C@H]2C1.CC(C)N1CC[C@@H]2CCN(C#N)C[C@H]2C1=O.CC(C)N1CC[C@@H]2CCN(C#N)C[C@H]2C1=O.CC(C)N1C[C@H]2CCN(C#N)C[C@H]2C1=O.[C-]#[N+]c1cccc(-c2cc(C(C)(C)C)no2)c1. The van der Waals surface area contributed by atoms with Gasteiger partial charge in [-0.2, -0.15) is 31.6 Å². The van der Waals surface area contributed by atoms with E-state index in [1.165, 1.54) is 24.4 Å². The van der Waals surface area contributed by atoms with E-state index in [1.807, 2.05) is 93.1 Å². The molecule has 0 bridgehead atoms. The molecular weight excluding hydrogens is 1630 g/mol. The third-order valence-electron chi connectivity index (χ3n) is 26.7. The summed E-state index contributed by atoms with van der Waals surface area (Å²) < 4.78 is 10.6. The smallest absolute Gasteiger partial charge is 0.247 e. The van der Waals surface area contributed by atoms with Gasteiger partial charge in [-0.15, -0.1) is 0 Å². The van der Waals surface area contributed by atoms with Crippen molar-refractivity contribution in [2.45, 2.75) is 222 Å². The summed E-state index contributed by atoms with van der Waals surface area (Å²) in [5.41, 5.74) is 4.29. The molecule has 0 N–H and O–H groups in total. The summed E-state index contributed by atoms with van der Waals surface area (Å²) in [6.07, 6.45) is 19.2.